The maximum Gasteiger partial charge on any atom is 0.268 e. The van der Waals surface area contributed by atoms with Gasteiger partial charge >= 0.3 is 0 Å². The van der Waals surface area contributed by atoms with E-state index in [1.165, 1.54) is 13.3 Å². The van der Waals surface area contributed by atoms with Crippen LogP contribution in [0.4, 0.5) is 0 Å². The van der Waals surface area contributed by atoms with E-state index in [9.17, 15) is 9.59 Å². The topological polar surface area (TPSA) is 88.0 Å². The van der Waals surface area contributed by atoms with Crippen molar-refractivity contribution in [2.24, 2.45) is 17.6 Å². The monoisotopic (exact) mass is 353 g/mol. The largest absolute Gasteiger partial charge is 0.354 e. The molecule has 2 atom stereocenters. The molecule has 6 heteroatoms. The van der Waals surface area contributed by atoms with Crippen LogP contribution in [0.15, 0.2) is 0 Å². The Morgan fingerprint density at radius 1 is 1.17 bits per heavy atom. The van der Waals surface area contributed by atoms with Crippen molar-refractivity contribution < 1.29 is 9.59 Å². The van der Waals surface area contributed by atoms with Crippen LogP contribution in [0, 0.1) is 25.7 Å². The van der Waals surface area contributed by atoms with Crippen LogP contribution in [0.2, 0.25) is 0 Å². The van der Waals surface area contributed by atoms with E-state index in [0.717, 1.165) is 36.9 Å². The van der Waals surface area contributed by atoms with Gasteiger partial charge in [0, 0.05) is 23.3 Å². The highest BCUT2D eigenvalue weighted by Crippen LogP contribution is 2.39. The van der Waals surface area contributed by atoms with Crippen molar-refractivity contribution in [2.75, 3.05) is 0 Å². The Morgan fingerprint density at radius 2 is 1.75 bits per heavy atom. The fourth-order valence-corrected chi connectivity index (χ4v) is 4.75. The Bertz CT molecular complexity index is 626. The van der Waals surface area contributed by atoms with Gasteiger partial charge in [0.2, 0.25) is 0 Å². The van der Waals surface area contributed by atoms with Crippen LogP contribution in [0.1, 0.15) is 71.1 Å². The molecule has 4 N–H and O–H groups in total. The summed E-state index contributed by atoms with van der Waals surface area (Å²) in [6.45, 7) is 5.22. The number of aromatic nitrogens is 1. The molecule has 2 fully saturated rings. The molecule has 2 aliphatic carbocycles. The predicted molar refractivity (Wildman–Crippen MR) is 96.8 cm³/mol. The molecule has 0 radical (unpaired) electrons. The molecule has 0 spiro atoms. The molecule has 2 aliphatic rings. The first-order valence-electron chi connectivity index (χ1n) is 8.65. The van der Waals surface area contributed by atoms with Gasteiger partial charge in [0.05, 0.1) is 0 Å². The Hall–Kier alpha value is -1.33. The smallest absolute Gasteiger partial charge is 0.268 e. The fraction of sp³-hybridized carbons (Fsp3) is 0.667. The molecule has 0 saturated heterocycles. The number of ketones is 1. The van der Waals surface area contributed by atoms with E-state index < -0.39 is 0 Å². The zero-order valence-electron chi connectivity index (χ0n) is 14.6. The summed E-state index contributed by atoms with van der Waals surface area (Å²) < 4.78 is 0. The van der Waals surface area contributed by atoms with Crippen molar-refractivity contribution in [2.45, 2.75) is 65.0 Å². The molecule has 2 unspecified atom stereocenters. The molecule has 3 rings (SSSR count). The van der Waals surface area contributed by atoms with Crippen LogP contribution < -0.4 is 11.1 Å². The number of H-pyrrole nitrogens is 1. The highest BCUT2D eigenvalue weighted by Gasteiger charge is 2.40. The number of hydrogen-bond donors (Lipinski definition) is 3. The summed E-state index contributed by atoms with van der Waals surface area (Å²) in [5, 5.41) is 3.24. The Labute approximate surface area is 149 Å². The lowest BCUT2D eigenvalue weighted by Crippen LogP contribution is -2.53. The van der Waals surface area contributed by atoms with Crippen LogP contribution in [0.3, 0.4) is 0 Å². The van der Waals surface area contributed by atoms with E-state index in [4.69, 9.17) is 5.73 Å². The second kappa shape index (κ2) is 7.28. The molecule has 1 aromatic rings. The Kier molecular flexibility index (Phi) is 5.76. The zero-order valence-corrected chi connectivity index (χ0v) is 15.5. The van der Waals surface area contributed by atoms with E-state index in [2.05, 4.69) is 10.3 Å². The van der Waals surface area contributed by atoms with Crippen molar-refractivity contribution >= 4 is 24.1 Å². The molecule has 24 heavy (non-hydrogen) atoms. The van der Waals surface area contributed by atoms with Gasteiger partial charge in [-0.15, -0.1) is 12.4 Å². The first kappa shape index (κ1) is 19.0. The van der Waals surface area contributed by atoms with Crippen LogP contribution in [0.25, 0.3) is 0 Å². The molecule has 1 aromatic heterocycles. The Balaban J connectivity index is 0.00000208. The fourth-order valence-electron chi connectivity index (χ4n) is 4.75. The van der Waals surface area contributed by atoms with Gasteiger partial charge in [0.25, 0.3) is 5.91 Å². The zero-order chi connectivity index (χ0) is 16.7. The van der Waals surface area contributed by atoms with E-state index in [-0.39, 0.29) is 36.2 Å². The van der Waals surface area contributed by atoms with Crippen molar-refractivity contribution in [3.05, 3.63) is 22.5 Å². The van der Waals surface area contributed by atoms with Gasteiger partial charge in [0.15, 0.2) is 5.78 Å². The lowest BCUT2D eigenvalue weighted by Gasteiger charge is -2.45. The Morgan fingerprint density at radius 3 is 2.25 bits per heavy atom. The number of amides is 1. The average molecular weight is 354 g/mol. The summed E-state index contributed by atoms with van der Waals surface area (Å²) in [5.74, 6) is 0.890. The number of nitrogens with two attached hydrogens (primary N) is 1. The highest BCUT2D eigenvalue weighted by atomic mass is 35.5. The number of aryl methyl sites for hydroxylation is 1. The van der Waals surface area contributed by atoms with Gasteiger partial charge in [-0.2, -0.15) is 0 Å². The molecular weight excluding hydrogens is 326 g/mol. The van der Waals surface area contributed by atoms with E-state index in [0.29, 0.717) is 23.1 Å². The second-order valence-corrected chi connectivity index (χ2v) is 7.36. The maximum absolute atomic E-state index is 12.7. The highest BCUT2D eigenvalue weighted by molar-refractivity contribution is 6.02. The average Bonchev–Trinajstić information content (AvgIpc) is 2.75. The van der Waals surface area contributed by atoms with Crippen molar-refractivity contribution in [3.8, 4) is 0 Å². The molecule has 1 amide bonds. The number of Topliss-reactive ketones (excluding diaryl/α,β-unsaturated/α-hetero) is 1. The minimum atomic E-state index is -0.0875. The van der Waals surface area contributed by atoms with Crippen LogP contribution >= 0.6 is 12.4 Å². The molecule has 134 valence electrons. The van der Waals surface area contributed by atoms with Gasteiger partial charge in [0.1, 0.15) is 5.69 Å². The van der Waals surface area contributed by atoms with Crippen molar-refractivity contribution in [1.82, 2.24) is 10.3 Å². The van der Waals surface area contributed by atoms with Gasteiger partial charge in [-0.1, -0.05) is 6.42 Å². The third kappa shape index (κ3) is 3.38. The molecule has 2 bridgehead atoms. The van der Waals surface area contributed by atoms with Gasteiger partial charge in [-0.3, -0.25) is 9.59 Å². The number of carbonyl (C=O) groups excluding carboxylic acids is 2. The first-order valence-corrected chi connectivity index (χ1v) is 8.65. The number of aromatic amines is 1. The summed E-state index contributed by atoms with van der Waals surface area (Å²) in [5.41, 5.74) is 8.85. The minimum absolute atomic E-state index is 0. The number of carbonyl (C=O) groups is 2. The SMILES string of the molecule is CC(=O)c1c(C)[nH]c(C(=O)NC2C3CCCC2CC(N)C3)c1C.Cl. The van der Waals surface area contributed by atoms with Crippen molar-refractivity contribution in [1.29, 1.82) is 0 Å². The third-order valence-corrected chi connectivity index (χ3v) is 5.69. The summed E-state index contributed by atoms with van der Waals surface area (Å²) in [4.78, 5) is 27.6. The van der Waals surface area contributed by atoms with Crippen molar-refractivity contribution in [3.63, 3.8) is 0 Å². The van der Waals surface area contributed by atoms with Crippen LogP contribution in [0.5, 0.6) is 0 Å². The second-order valence-electron chi connectivity index (χ2n) is 7.36. The summed E-state index contributed by atoms with van der Waals surface area (Å²) >= 11 is 0. The third-order valence-electron chi connectivity index (χ3n) is 5.69. The lowest BCUT2D eigenvalue weighted by atomic mass is 9.67. The van der Waals surface area contributed by atoms with Gasteiger partial charge in [-0.25, -0.2) is 0 Å². The van der Waals surface area contributed by atoms with E-state index >= 15 is 0 Å². The van der Waals surface area contributed by atoms with Crippen LogP contribution in [-0.4, -0.2) is 28.8 Å². The minimum Gasteiger partial charge on any atom is -0.354 e. The number of nitrogens with one attached hydrogen (secondary N) is 2. The first-order chi connectivity index (χ1) is 10.9. The van der Waals surface area contributed by atoms with E-state index in [1.807, 2.05) is 13.8 Å². The van der Waals surface area contributed by atoms with Gasteiger partial charge in [-0.05, 0) is 63.9 Å². The molecule has 5 nitrogen and oxygen atoms in total. The lowest BCUT2D eigenvalue weighted by molar-refractivity contribution is 0.0751. The standard InChI is InChI=1S/C18H27N3O2.ClH/c1-9-15(11(3)22)10(2)20-16(9)18(23)21-17-12-5-4-6-13(17)8-14(19)7-12;/h12-14,17,20H,4-8,19H2,1-3H3,(H,21,23);1H. The quantitative estimate of drug-likeness (QED) is 0.730. The predicted octanol–water partition coefficient (Wildman–Crippen LogP) is 2.89. The molecule has 0 aliphatic heterocycles. The summed E-state index contributed by atoms with van der Waals surface area (Å²) in [6, 6.07) is 0.497. The number of fused-ring (bicyclic) bond motifs is 2. The van der Waals surface area contributed by atoms with E-state index in [1.54, 1.807) is 0 Å². The maximum atomic E-state index is 12.7. The number of halogens is 1. The number of hydrogen-bond acceptors (Lipinski definition) is 3. The summed E-state index contributed by atoms with van der Waals surface area (Å²) in [6.07, 6.45) is 5.54. The normalized spacial score (nSPS) is 28.8. The van der Waals surface area contributed by atoms with Gasteiger partial charge < -0.3 is 16.0 Å². The summed E-state index contributed by atoms with van der Waals surface area (Å²) in [7, 11) is 0. The molecule has 0 aromatic carbocycles. The molecular formula is C18H28ClN3O2. The van der Waals surface area contributed by atoms with Crippen LogP contribution in [-0.2, 0) is 0 Å². The molecule has 1 heterocycles. The number of rotatable bonds is 3. The molecule has 2 saturated carbocycles.